The van der Waals surface area contributed by atoms with Gasteiger partial charge in [-0.05, 0) is 64.0 Å². The Kier molecular flexibility index (Phi) is 15.1. The van der Waals surface area contributed by atoms with E-state index in [1.165, 1.54) is 6.07 Å². The van der Waals surface area contributed by atoms with E-state index < -0.39 is 6.61 Å². The van der Waals surface area contributed by atoms with Gasteiger partial charge in [0.25, 0.3) is 0 Å². The largest absolute Gasteiger partial charge is 0.435 e. The maximum atomic E-state index is 12.3. The van der Waals surface area contributed by atoms with Crippen molar-refractivity contribution in [2.45, 2.75) is 59.7 Å². The molecule has 0 aliphatic carbocycles. The first kappa shape index (κ1) is 26.8. The highest BCUT2D eigenvalue weighted by Gasteiger charge is 2.08. The number of guanidine groups is 1. The second-order valence-electron chi connectivity index (χ2n) is 6.44. The predicted octanol–water partition coefficient (Wildman–Crippen LogP) is 4.47. The van der Waals surface area contributed by atoms with E-state index in [0.717, 1.165) is 50.5 Å². The third kappa shape index (κ3) is 11.6. The van der Waals surface area contributed by atoms with E-state index in [1.807, 2.05) is 13.0 Å². The van der Waals surface area contributed by atoms with Crippen LogP contribution in [0.3, 0.4) is 0 Å². The van der Waals surface area contributed by atoms with Crippen molar-refractivity contribution >= 4 is 29.9 Å². The molecular weight excluding hydrogens is 477 g/mol. The van der Waals surface area contributed by atoms with Crippen molar-refractivity contribution in [1.82, 2.24) is 15.5 Å². The van der Waals surface area contributed by atoms with Gasteiger partial charge in [0, 0.05) is 12.6 Å². The Labute approximate surface area is 185 Å². The van der Waals surface area contributed by atoms with Gasteiger partial charge in [0.05, 0.1) is 6.54 Å². The molecule has 2 N–H and O–H groups in total. The van der Waals surface area contributed by atoms with Gasteiger partial charge in [0.15, 0.2) is 5.96 Å². The number of aliphatic imine (C=N–C) groups is 1. The second kappa shape index (κ2) is 15.7. The molecule has 0 saturated carbocycles. The summed E-state index contributed by atoms with van der Waals surface area (Å²) in [5.74, 6) is 0.883. The summed E-state index contributed by atoms with van der Waals surface area (Å²) >= 11 is 0. The summed E-state index contributed by atoms with van der Waals surface area (Å²) in [7, 11) is 0. The van der Waals surface area contributed by atoms with E-state index in [0.29, 0.717) is 12.6 Å². The molecule has 0 aliphatic heterocycles. The van der Waals surface area contributed by atoms with E-state index in [4.69, 9.17) is 0 Å². The number of rotatable bonds is 12. The van der Waals surface area contributed by atoms with Gasteiger partial charge in [0.1, 0.15) is 5.75 Å². The van der Waals surface area contributed by atoms with Crippen molar-refractivity contribution in [3.05, 3.63) is 29.8 Å². The number of benzene rings is 1. The van der Waals surface area contributed by atoms with Crippen LogP contribution in [0, 0.1) is 0 Å². The number of hydrogen-bond acceptors (Lipinski definition) is 3. The Morgan fingerprint density at radius 1 is 1.21 bits per heavy atom. The van der Waals surface area contributed by atoms with Crippen LogP contribution in [0.15, 0.2) is 29.3 Å². The monoisotopic (exact) mass is 512 g/mol. The van der Waals surface area contributed by atoms with E-state index in [9.17, 15) is 8.78 Å². The van der Waals surface area contributed by atoms with E-state index in [2.05, 4.69) is 46.0 Å². The highest BCUT2D eigenvalue weighted by atomic mass is 127. The summed E-state index contributed by atoms with van der Waals surface area (Å²) < 4.78 is 29.1. The number of hydrogen-bond donors (Lipinski definition) is 2. The average Bonchev–Trinajstić information content (AvgIpc) is 2.63. The summed E-state index contributed by atoms with van der Waals surface area (Å²) in [6, 6.07) is 6.94. The number of nitrogens with one attached hydrogen (secondary N) is 2. The number of ether oxygens (including phenoxy) is 1. The maximum Gasteiger partial charge on any atom is 0.387 e. The molecule has 8 heteroatoms. The van der Waals surface area contributed by atoms with Gasteiger partial charge in [-0.25, -0.2) is 4.99 Å². The molecule has 0 bridgehead atoms. The zero-order valence-corrected chi connectivity index (χ0v) is 19.7. The van der Waals surface area contributed by atoms with Gasteiger partial charge in [-0.15, -0.1) is 24.0 Å². The van der Waals surface area contributed by atoms with Crippen LogP contribution < -0.4 is 15.4 Å². The Hall–Kier alpha value is -1.16. The Morgan fingerprint density at radius 2 is 1.93 bits per heavy atom. The van der Waals surface area contributed by atoms with Gasteiger partial charge in [-0.3, -0.25) is 0 Å². The van der Waals surface area contributed by atoms with Crippen molar-refractivity contribution in [1.29, 1.82) is 0 Å². The van der Waals surface area contributed by atoms with E-state index in [-0.39, 0.29) is 29.7 Å². The first-order valence-electron chi connectivity index (χ1n) is 9.79. The molecule has 5 nitrogen and oxygen atoms in total. The van der Waals surface area contributed by atoms with Gasteiger partial charge >= 0.3 is 6.61 Å². The van der Waals surface area contributed by atoms with Gasteiger partial charge in [-0.2, -0.15) is 8.78 Å². The summed E-state index contributed by atoms with van der Waals surface area (Å²) in [6.07, 6.45) is 2.18. The number of alkyl halides is 2. The molecule has 1 aromatic rings. The molecule has 0 saturated heterocycles. The SMILES string of the molecule is CCNC(=NCc1cccc(OC(F)F)c1)NC(C)CCCN(CC)CC.I. The van der Waals surface area contributed by atoms with Crippen molar-refractivity contribution in [2.24, 2.45) is 4.99 Å². The molecule has 1 aromatic carbocycles. The first-order valence-corrected chi connectivity index (χ1v) is 9.79. The van der Waals surface area contributed by atoms with Crippen LogP contribution in [0.1, 0.15) is 46.1 Å². The third-order valence-electron chi connectivity index (χ3n) is 4.28. The smallest absolute Gasteiger partial charge is 0.387 e. The molecule has 0 fully saturated rings. The summed E-state index contributed by atoms with van der Waals surface area (Å²) in [5.41, 5.74) is 0.819. The van der Waals surface area contributed by atoms with Crippen LogP contribution in [0.25, 0.3) is 0 Å². The van der Waals surface area contributed by atoms with Crippen LogP contribution >= 0.6 is 24.0 Å². The lowest BCUT2D eigenvalue weighted by Gasteiger charge is -2.21. The molecule has 28 heavy (non-hydrogen) atoms. The molecule has 1 rings (SSSR count). The van der Waals surface area contributed by atoms with Crippen molar-refractivity contribution in [3.8, 4) is 5.75 Å². The van der Waals surface area contributed by atoms with E-state index >= 15 is 0 Å². The Balaban J connectivity index is 0.00000729. The normalized spacial score (nSPS) is 12.6. The van der Waals surface area contributed by atoms with Crippen molar-refractivity contribution in [2.75, 3.05) is 26.2 Å². The van der Waals surface area contributed by atoms with E-state index in [1.54, 1.807) is 12.1 Å². The molecular formula is C20H35F2IN4O. The minimum absolute atomic E-state index is 0. The van der Waals surface area contributed by atoms with Gasteiger partial charge in [-0.1, -0.05) is 26.0 Å². The fraction of sp³-hybridized carbons (Fsp3) is 0.650. The lowest BCUT2D eigenvalue weighted by Crippen LogP contribution is -2.42. The van der Waals surface area contributed by atoms with Crippen LogP contribution in [0.2, 0.25) is 0 Å². The van der Waals surface area contributed by atoms with Crippen LogP contribution in [0.4, 0.5) is 8.78 Å². The molecule has 0 heterocycles. The van der Waals surface area contributed by atoms with Crippen molar-refractivity contribution < 1.29 is 13.5 Å². The molecule has 0 aromatic heterocycles. The van der Waals surface area contributed by atoms with Crippen LogP contribution in [-0.4, -0.2) is 49.7 Å². The predicted molar refractivity (Wildman–Crippen MR) is 123 cm³/mol. The van der Waals surface area contributed by atoms with Crippen LogP contribution in [0.5, 0.6) is 5.75 Å². The fourth-order valence-electron chi connectivity index (χ4n) is 2.78. The standard InChI is InChI=1S/C20H34F2N4O.HI/c1-5-23-20(25-16(4)10-9-13-26(6-2)7-3)24-15-17-11-8-12-18(14-17)27-19(21)22;/h8,11-12,14,16,19H,5-7,9-10,13,15H2,1-4H3,(H2,23,24,25);1H. The zero-order valence-electron chi connectivity index (χ0n) is 17.4. The molecule has 0 amide bonds. The molecule has 162 valence electrons. The molecule has 0 spiro atoms. The lowest BCUT2D eigenvalue weighted by molar-refractivity contribution is -0.0498. The number of nitrogens with zero attached hydrogens (tertiary/aromatic N) is 2. The van der Waals surface area contributed by atoms with Crippen molar-refractivity contribution in [3.63, 3.8) is 0 Å². The minimum Gasteiger partial charge on any atom is -0.435 e. The minimum atomic E-state index is -2.82. The highest BCUT2D eigenvalue weighted by molar-refractivity contribution is 14.0. The lowest BCUT2D eigenvalue weighted by atomic mass is 10.2. The number of halogens is 3. The molecule has 1 atom stereocenters. The Bertz CT molecular complexity index is 557. The summed E-state index contributed by atoms with van der Waals surface area (Å²) in [6.45, 7) is 10.1. The maximum absolute atomic E-state index is 12.3. The second-order valence-corrected chi connectivity index (χ2v) is 6.44. The Morgan fingerprint density at radius 3 is 2.54 bits per heavy atom. The average molecular weight is 512 g/mol. The van der Waals surface area contributed by atoms with Gasteiger partial charge in [0.2, 0.25) is 0 Å². The highest BCUT2D eigenvalue weighted by Crippen LogP contribution is 2.16. The third-order valence-corrected chi connectivity index (χ3v) is 4.28. The molecule has 0 radical (unpaired) electrons. The first-order chi connectivity index (χ1) is 13.0. The summed E-state index contributed by atoms with van der Waals surface area (Å²) in [5, 5.41) is 6.64. The topological polar surface area (TPSA) is 48.9 Å². The summed E-state index contributed by atoms with van der Waals surface area (Å²) in [4.78, 5) is 6.98. The quantitative estimate of drug-likeness (QED) is 0.247. The zero-order chi connectivity index (χ0) is 20.1. The molecule has 0 aliphatic rings. The molecule has 1 unspecified atom stereocenters. The van der Waals surface area contributed by atoms with Crippen LogP contribution in [-0.2, 0) is 6.54 Å². The van der Waals surface area contributed by atoms with Gasteiger partial charge < -0.3 is 20.3 Å². The fourth-order valence-corrected chi connectivity index (χ4v) is 2.78.